The van der Waals surface area contributed by atoms with E-state index in [0.29, 0.717) is 31.5 Å². The van der Waals surface area contributed by atoms with Crippen LogP contribution in [-0.4, -0.2) is 77.9 Å². The van der Waals surface area contributed by atoms with Gasteiger partial charge in [-0.05, 0) is 57.3 Å². The van der Waals surface area contributed by atoms with E-state index in [0.717, 1.165) is 50.9 Å². The standard InChI is InChI=1S/C39H69O11P/c1-4-5-6-7-15-20-25-36-37(50-36)26-21-16-11-9-12-17-22-27-38(42)46-31-35(32-48-51(44,45)47-30-34(41)29-40)49-39(43)28-23-18-13-8-10-14-19-24-33(2)3/h9,12,15-16,20-21,33-37,40-41H,4-8,10-11,13-14,17-19,22-32H2,1-3H3,(H,44,45)/b12-9-,20-15-,21-16-/t34-,35+,36?,37?/m0/s1. The molecule has 3 N–H and O–H groups in total. The number of hydrogen-bond donors (Lipinski definition) is 3. The Hall–Kier alpha value is -1.85. The molecular formula is C39H69O11P. The molecule has 0 aromatic heterocycles. The molecular weight excluding hydrogens is 675 g/mol. The number of aliphatic hydroxyl groups is 2. The Labute approximate surface area is 307 Å². The van der Waals surface area contributed by atoms with Gasteiger partial charge in [0.25, 0.3) is 0 Å². The minimum absolute atomic E-state index is 0.160. The lowest BCUT2D eigenvalue weighted by Crippen LogP contribution is -2.29. The van der Waals surface area contributed by atoms with Crippen molar-refractivity contribution in [2.75, 3.05) is 26.4 Å². The van der Waals surface area contributed by atoms with Gasteiger partial charge in [-0.15, -0.1) is 0 Å². The summed E-state index contributed by atoms with van der Waals surface area (Å²) >= 11 is 0. The highest BCUT2D eigenvalue weighted by Gasteiger charge is 2.36. The van der Waals surface area contributed by atoms with Crippen LogP contribution in [0.1, 0.15) is 143 Å². The van der Waals surface area contributed by atoms with Gasteiger partial charge in [0.15, 0.2) is 6.10 Å². The van der Waals surface area contributed by atoms with E-state index in [9.17, 15) is 24.2 Å². The fraction of sp³-hybridized carbons (Fsp3) is 0.795. The average molecular weight is 745 g/mol. The molecule has 12 heteroatoms. The fourth-order valence-corrected chi connectivity index (χ4v) is 6.00. The third kappa shape index (κ3) is 29.3. The van der Waals surface area contributed by atoms with Crippen molar-refractivity contribution in [1.29, 1.82) is 0 Å². The Morgan fingerprint density at radius 3 is 2.02 bits per heavy atom. The molecule has 0 spiro atoms. The maximum atomic E-state index is 12.5. The summed E-state index contributed by atoms with van der Waals surface area (Å²) in [7, 11) is -4.63. The Balaban J connectivity index is 2.32. The summed E-state index contributed by atoms with van der Waals surface area (Å²) in [5.41, 5.74) is 0. The van der Waals surface area contributed by atoms with E-state index in [1.807, 2.05) is 6.08 Å². The normalized spacial score (nSPS) is 18.5. The molecule has 51 heavy (non-hydrogen) atoms. The van der Waals surface area contributed by atoms with Gasteiger partial charge in [-0.2, -0.15) is 0 Å². The van der Waals surface area contributed by atoms with Crippen molar-refractivity contribution in [1.82, 2.24) is 0 Å². The predicted octanol–water partition coefficient (Wildman–Crippen LogP) is 8.45. The van der Waals surface area contributed by atoms with Gasteiger partial charge in [-0.3, -0.25) is 18.6 Å². The zero-order valence-corrected chi connectivity index (χ0v) is 32.6. The minimum atomic E-state index is -4.63. The number of hydrogen-bond acceptors (Lipinski definition) is 10. The van der Waals surface area contributed by atoms with E-state index < -0.39 is 51.8 Å². The van der Waals surface area contributed by atoms with Crippen LogP contribution in [0, 0.1) is 5.92 Å². The summed E-state index contributed by atoms with van der Waals surface area (Å²) in [6.45, 7) is 4.50. The number of carbonyl (C=O) groups is 2. The first-order valence-corrected chi connectivity index (χ1v) is 20.9. The molecule has 0 radical (unpaired) electrons. The van der Waals surface area contributed by atoms with Gasteiger partial charge in [0.1, 0.15) is 12.7 Å². The van der Waals surface area contributed by atoms with Crippen LogP contribution in [0.5, 0.6) is 0 Å². The molecule has 0 bridgehead atoms. The van der Waals surface area contributed by atoms with Crippen LogP contribution in [0.4, 0.5) is 0 Å². The van der Waals surface area contributed by atoms with Crippen molar-refractivity contribution in [2.24, 2.45) is 5.92 Å². The summed E-state index contributed by atoms with van der Waals surface area (Å²) in [6, 6.07) is 0. The molecule has 0 aromatic rings. The fourth-order valence-electron chi connectivity index (χ4n) is 5.21. The van der Waals surface area contributed by atoms with Crippen LogP contribution in [0.2, 0.25) is 0 Å². The number of unbranched alkanes of at least 4 members (excludes halogenated alkanes) is 10. The van der Waals surface area contributed by atoms with Crippen molar-refractivity contribution in [2.45, 2.75) is 167 Å². The summed E-state index contributed by atoms with van der Waals surface area (Å²) in [5, 5.41) is 18.3. The van der Waals surface area contributed by atoms with E-state index >= 15 is 0 Å². The van der Waals surface area contributed by atoms with E-state index in [2.05, 4.69) is 55.7 Å². The van der Waals surface area contributed by atoms with Crippen LogP contribution in [0.3, 0.4) is 0 Å². The molecule has 1 fully saturated rings. The van der Waals surface area contributed by atoms with E-state index in [4.69, 9.17) is 23.8 Å². The number of epoxide rings is 1. The molecule has 0 saturated carbocycles. The smallest absolute Gasteiger partial charge is 0.462 e. The third-order valence-corrected chi connectivity index (χ3v) is 9.33. The lowest BCUT2D eigenvalue weighted by Gasteiger charge is -2.20. The first-order valence-electron chi connectivity index (χ1n) is 19.4. The van der Waals surface area contributed by atoms with Gasteiger partial charge in [0, 0.05) is 12.8 Å². The van der Waals surface area contributed by atoms with Crippen LogP contribution < -0.4 is 0 Å². The van der Waals surface area contributed by atoms with Crippen molar-refractivity contribution >= 4 is 19.8 Å². The maximum absolute atomic E-state index is 12.5. The largest absolute Gasteiger partial charge is 0.472 e. The number of phosphoric ester groups is 1. The summed E-state index contributed by atoms with van der Waals surface area (Å²) in [6.07, 6.45) is 28.9. The van der Waals surface area contributed by atoms with Crippen molar-refractivity contribution in [3.05, 3.63) is 36.5 Å². The van der Waals surface area contributed by atoms with Gasteiger partial charge in [-0.1, -0.05) is 115 Å². The molecule has 0 amide bonds. The quantitative estimate of drug-likeness (QED) is 0.0191. The average Bonchev–Trinajstić information content (AvgIpc) is 3.86. The van der Waals surface area contributed by atoms with Gasteiger partial charge < -0.3 is 29.3 Å². The van der Waals surface area contributed by atoms with E-state index in [1.54, 1.807) is 0 Å². The van der Waals surface area contributed by atoms with Gasteiger partial charge in [0.05, 0.1) is 32.0 Å². The lowest BCUT2D eigenvalue weighted by molar-refractivity contribution is -0.161. The number of allylic oxidation sites excluding steroid dienone is 4. The molecule has 11 nitrogen and oxygen atoms in total. The highest BCUT2D eigenvalue weighted by Crippen LogP contribution is 2.43. The number of rotatable bonds is 34. The highest BCUT2D eigenvalue weighted by atomic mass is 31.2. The summed E-state index contributed by atoms with van der Waals surface area (Å²) < 4.78 is 38.2. The van der Waals surface area contributed by atoms with E-state index in [-0.39, 0.29) is 19.4 Å². The Morgan fingerprint density at radius 2 is 1.33 bits per heavy atom. The molecule has 1 aliphatic heterocycles. The predicted molar refractivity (Wildman–Crippen MR) is 200 cm³/mol. The lowest BCUT2D eigenvalue weighted by atomic mass is 10.0. The molecule has 1 saturated heterocycles. The van der Waals surface area contributed by atoms with Crippen LogP contribution in [0.15, 0.2) is 36.5 Å². The first-order chi connectivity index (χ1) is 24.6. The Bertz CT molecular complexity index is 1030. The monoisotopic (exact) mass is 744 g/mol. The molecule has 1 aliphatic rings. The number of esters is 2. The first kappa shape index (κ1) is 47.2. The number of phosphoric acid groups is 1. The Morgan fingerprint density at radius 1 is 0.745 bits per heavy atom. The topological polar surface area (TPSA) is 161 Å². The molecule has 296 valence electrons. The third-order valence-electron chi connectivity index (χ3n) is 8.38. The van der Waals surface area contributed by atoms with Crippen molar-refractivity contribution in [3.63, 3.8) is 0 Å². The molecule has 0 aromatic carbocycles. The SMILES string of the molecule is CCCCC/C=C\CC1OC1C/C=C\C/C=C\CCCC(=O)OC[C@H](COP(=O)(O)OC[C@@H](O)CO)OC(=O)CCCCCCCCCC(C)C. The Kier molecular flexibility index (Phi) is 28.3. The van der Waals surface area contributed by atoms with Gasteiger partial charge in [-0.25, -0.2) is 4.57 Å². The molecule has 5 atom stereocenters. The van der Waals surface area contributed by atoms with Crippen LogP contribution in [0.25, 0.3) is 0 Å². The molecule has 1 rings (SSSR count). The molecule has 1 heterocycles. The number of carbonyl (C=O) groups excluding carboxylic acids is 2. The zero-order valence-electron chi connectivity index (χ0n) is 31.7. The van der Waals surface area contributed by atoms with Gasteiger partial charge in [0.2, 0.25) is 0 Å². The number of ether oxygens (including phenoxy) is 3. The number of aliphatic hydroxyl groups excluding tert-OH is 2. The van der Waals surface area contributed by atoms with Crippen LogP contribution in [-0.2, 0) is 37.4 Å². The molecule has 0 aliphatic carbocycles. The van der Waals surface area contributed by atoms with Gasteiger partial charge >= 0.3 is 19.8 Å². The second-order valence-corrected chi connectivity index (χ2v) is 15.3. The second kappa shape index (κ2) is 30.6. The summed E-state index contributed by atoms with van der Waals surface area (Å²) in [5.74, 6) is -0.271. The zero-order chi connectivity index (χ0) is 37.6. The molecule has 3 unspecified atom stereocenters. The highest BCUT2D eigenvalue weighted by molar-refractivity contribution is 7.47. The maximum Gasteiger partial charge on any atom is 0.472 e. The second-order valence-electron chi connectivity index (χ2n) is 13.8. The van der Waals surface area contributed by atoms with E-state index in [1.165, 1.54) is 44.9 Å². The summed E-state index contributed by atoms with van der Waals surface area (Å²) in [4.78, 5) is 34.8. The minimum Gasteiger partial charge on any atom is -0.462 e. The van der Waals surface area contributed by atoms with Crippen molar-refractivity contribution < 1.29 is 52.5 Å². The van der Waals surface area contributed by atoms with Crippen LogP contribution >= 0.6 is 7.82 Å². The van der Waals surface area contributed by atoms with Crippen molar-refractivity contribution in [3.8, 4) is 0 Å².